The maximum absolute atomic E-state index is 10.1. The molecule has 0 fully saturated rings. The molecule has 0 saturated carbocycles. The van der Waals surface area contributed by atoms with Gasteiger partial charge >= 0.3 is 11.1 Å². The Kier molecular flexibility index (Phi) is 3.64. The number of rotatable bonds is 0. The Hall–Kier alpha value is -0.220. The smallest absolute Gasteiger partial charge is 0.386 e. The summed E-state index contributed by atoms with van der Waals surface area (Å²) in [6.07, 6.45) is 0. The highest BCUT2D eigenvalue weighted by molar-refractivity contribution is 8.33. The van der Waals surface area contributed by atoms with Gasteiger partial charge in [-0.1, -0.05) is 0 Å². The van der Waals surface area contributed by atoms with Crippen LogP contribution < -0.4 is 0 Å². The molecule has 0 radical (unpaired) electrons. The highest BCUT2D eigenvalue weighted by Gasteiger charge is 2.11. The van der Waals surface area contributed by atoms with Crippen molar-refractivity contribution < 1.29 is 14.3 Å². The zero-order valence-electron chi connectivity index (χ0n) is 4.01. The summed E-state index contributed by atoms with van der Waals surface area (Å²) in [5.74, 6) is -0.926. The van der Waals surface area contributed by atoms with Crippen LogP contribution >= 0.6 is 21.7 Å². The van der Waals surface area contributed by atoms with Crippen LogP contribution in [0.25, 0.3) is 0 Å². The number of hydrogen-bond acceptors (Lipinski definition) is 4. The van der Waals surface area contributed by atoms with E-state index in [0.717, 1.165) is 7.11 Å². The molecule has 0 amide bonds. The van der Waals surface area contributed by atoms with E-state index in [9.17, 15) is 9.59 Å². The average molecular weight is 155 g/mol. The second-order valence-electron chi connectivity index (χ2n) is 0.856. The van der Waals surface area contributed by atoms with Gasteiger partial charge < -0.3 is 4.74 Å². The van der Waals surface area contributed by atoms with Gasteiger partial charge in [-0.3, -0.25) is 4.79 Å². The van der Waals surface area contributed by atoms with E-state index in [1.54, 1.807) is 0 Å². The fraction of sp³-hybridized carbons (Fsp3) is 0.333. The van der Waals surface area contributed by atoms with E-state index in [1.807, 2.05) is 0 Å². The average Bonchev–Trinajstić information content (AvgIpc) is 1.84. The summed E-state index contributed by atoms with van der Waals surface area (Å²) in [7, 11) is 6.33. The third-order valence-electron chi connectivity index (χ3n) is 0.422. The topological polar surface area (TPSA) is 43.4 Å². The molecule has 8 heavy (non-hydrogen) atoms. The van der Waals surface area contributed by atoms with Gasteiger partial charge in [0.05, 0.1) is 7.11 Å². The van der Waals surface area contributed by atoms with Crippen LogP contribution in [0.4, 0.5) is 0 Å². The largest absolute Gasteiger partial charge is 0.463 e. The van der Waals surface area contributed by atoms with Gasteiger partial charge in [0, 0.05) is 11.0 Å². The van der Waals surface area contributed by atoms with Crippen LogP contribution in [-0.4, -0.2) is 18.2 Å². The second kappa shape index (κ2) is 3.74. The molecule has 0 rings (SSSR count). The van der Waals surface area contributed by atoms with E-state index >= 15 is 0 Å². The van der Waals surface area contributed by atoms with E-state index in [-0.39, 0.29) is 0 Å². The quantitative estimate of drug-likeness (QED) is 0.378. The minimum absolute atomic E-state index is 0.316. The molecule has 0 aromatic heterocycles. The lowest BCUT2D eigenvalue weighted by Crippen LogP contribution is -2.09. The van der Waals surface area contributed by atoms with Gasteiger partial charge in [-0.05, 0) is 10.7 Å². The van der Waals surface area contributed by atoms with Crippen molar-refractivity contribution in [3.8, 4) is 0 Å². The lowest BCUT2D eigenvalue weighted by atomic mass is 10.8. The van der Waals surface area contributed by atoms with Gasteiger partial charge in [0.15, 0.2) is 0 Å². The fourth-order valence-corrected chi connectivity index (χ4v) is 0.450. The van der Waals surface area contributed by atoms with Crippen molar-refractivity contribution in [1.82, 2.24) is 0 Å². The first-order valence-corrected chi connectivity index (χ1v) is 3.27. The van der Waals surface area contributed by atoms with Gasteiger partial charge in [-0.25, -0.2) is 4.79 Å². The first-order valence-electron chi connectivity index (χ1n) is 1.63. The van der Waals surface area contributed by atoms with Crippen LogP contribution in [0.15, 0.2) is 0 Å². The molecule has 0 saturated heterocycles. The molecule has 0 N–H and O–H groups in total. The number of carbonyl (C=O) groups is 2. The number of esters is 1. The highest BCUT2D eigenvalue weighted by Crippen LogP contribution is 2.07. The molecule has 0 aliphatic rings. The minimum atomic E-state index is -0.926. The SMILES string of the molecule is COC(=O)C(=O)SCl. The Morgan fingerprint density at radius 3 is 2.25 bits per heavy atom. The van der Waals surface area contributed by atoms with Gasteiger partial charge in [0.1, 0.15) is 0 Å². The van der Waals surface area contributed by atoms with E-state index in [0.29, 0.717) is 11.0 Å². The maximum atomic E-state index is 10.1. The molecule has 0 atom stereocenters. The molecule has 0 heterocycles. The summed E-state index contributed by atoms with van der Waals surface area (Å²) in [5.41, 5.74) is 0. The number of carbonyl (C=O) groups excluding carboxylic acids is 2. The predicted octanol–water partition coefficient (Wildman–Crippen LogP) is 0.573. The van der Waals surface area contributed by atoms with Crippen molar-refractivity contribution in [2.75, 3.05) is 7.11 Å². The van der Waals surface area contributed by atoms with E-state index in [2.05, 4.69) is 4.74 Å². The van der Waals surface area contributed by atoms with Gasteiger partial charge in [0.2, 0.25) is 0 Å². The van der Waals surface area contributed by atoms with Crippen LogP contribution in [0.3, 0.4) is 0 Å². The third kappa shape index (κ3) is 2.18. The van der Waals surface area contributed by atoms with Crippen LogP contribution in [-0.2, 0) is 14.3 Å². The van der Waals surface area contributed by atoms with Crippen molar-refractivity contribution in [2.45, 2.75) is 0 Å². The Balaban J connectivity index is 3.64. The van der Waals surface area contributed by atoms with Crippen LogP contribution in [0, 0.1) is 0 Å². The zero-order valence-corrected chi connectivity index (χ0v) is 5.58. The molecule has 46 valence electrons. The first-order chi connectivity index (χ1) is 3.72. The van der Waals surface area contributed by atoms with Crippen molar-refractivity contribution in [2.24, 2.45) is 0 Å². The van der Waals surface area contributed by atoms with E-state index in [4.69, 9.17) is 10.7 Å². The minimum Gasteiger partial charge on any atom is -0.463 e. The molecule has 0 unspecified atom stereocenters. The third-order valence-corrected chi connectivity index (χ3v) is 1.15. The van der Waals surface area contributed by atoms with Crippen LogP contribution in [0.2, 0.25) is 0 Å². The normalized spacial score (nSPS) is 8.25. The fourth-order valence-electron chi connectivity index (χ4n) is 0.115. The summed E-state index contributed by atoms with van der Waals surface area (Å²) >= 11 is 0. The van der Waals surface area contributed by atoms with Gasteiger partial charge in [-0.15, -0.1) is 0 Å². The summed E-state index contributed by atoms with van der Waals surface area (Å²) in [6.45, 7) is 0. The predicted molar refractivity (Wildman–Crippen MR) is 30.5 cm³/mol. The highest BCUT2D eigenvalue weighted by atomic mass is 35.7. The summed E-state index contributed by atoms with van der Waals surface area (Å²) in [5, 5.41) is -0.797. The molecular weight excluding hydrogens is 152 g/mol. The standard InChI is InChI=1S/C3H3ClO3S/c1-7-2(5)3(6)8-4/h1H3. The second-order valence-corrected chi connectivity index (χ2v) is 1.84. The number of methoxy groups -OCH3 is 1. The van der Waals surface area contributed by atoms with E-state index in [1.165, 1.54) is 0 Å². The summed E-state index contributed by atoms with van der Waals surface area (Å²) < 4.78 is 4.01. The number of halogens is 1. The van der Waals surface area contributed by atoms with Crippen molar-refractivity contribution in [3.63, 3.8) is 0 Å². The Morgan fingerprint density at radius 2 is 2.12 bits per heavy atom. The first kappa shape index (κ1) is 7.78. The number of hydrogen-bond donors (Lipinski definition) is 0. The van der Waals surface area contributed by atoms with Crippen LogP contribution in [0.5, 0.6) is 0 Å². The van der Waals surface area contributed by atoms with Gasteiger partial charge in [-0.2, -0.15) is 0 Å². The zero-order chi connectivity index (χ0) is 6.57. The maximum Gasteiger partial charge on any atom is 0.386 e. The molecule has 0 bridgehead atoms. The molecule has 0 aliphatic heterocycles. The summed E-state index contributed by atoms with van der Waals surface area (Å²) in [6, 6.07) is 0. The van der Waals surface area contributed by atoms with E-state index < -0.39 is 11.1 Å². The lowest BCUT2D eigenvalue weighted by Gasteiger charge is -1.88. The monoisotopic (exact) mass is 154 g/mol. The molecule has 0 aromatic rings. The molecule has 3 nitrogen and oxygen atoms in total. The molecule has 0 aliphatic carbocycles. The molecule has 5 heteroatoms. The van der Waals surface area contributed by atoms with Crippen molar-refractivity contribution in [1.29, 1.82) is 0 Å². The lowest BCUT2D eigenvalue weighted by molar-refractivity contribution is -0.147. The van der Waals surface area contributed by atoms with Crippen LogP contribution in [0.1, 0.15) is 0 Å². The van der Waals surface area contributed by atoms with Crippen molar-refractivity contribution >= 4 is 32.7 Å². The Bertz CT molecular complexity index is 99.1. The number of ether oxygens (including phenoxy) is 1. The Labute approximate surface area is 54.8 Å². The van der Waals surface area contributed by atoms with Gasteiger partial charge in [0.25, 0.3) is 0 Å². The molecule has 0 aromatic carbocycles. The summed E-state index contributed by atoms with van der Waals surface area (Å²) in [4.78, 5) is 20.2. The Morgan fingerprint density at radius 1 is 1.62 bits per heavy atom. The molecular formula is C3H3ClO3S. The van der Waals surface area contributed by atoms with Crippen molar-refractivity contribution in [3.05, 3.63) is 0 Å². The molecule has 0 spiro atoms.